The van der Waals surface area contributed by atoms with Crippen LogP contribution in [0.2, 0.25) is 0 Å². The second kappa shape index (κ2) is 9.40. The van der Waals surface area contributed by atoms with Crippen molar-refractivity contribution in [1.29, 1.82) is 0 Å². The maximum atomic E-state index is 12.5. The van der Waals surface area contributed by atoms with E-state index in [1.165, 1.54) is 16.8 Å². The summed E-state index contributed by atoms with van der Waals surface area (Å²) in [6.07, 6.45) is 1.67. The summed E-state index contributed by atoms with van der Waals surface area (Å²) in [6, 6.07) is 16.6. The molecule has 0 spiro atoms. The number of fused-ring (bicyclic) bond motifs is 1. The Morgan fingerprint density at radius 1 is 0.972 bits per heavy atom. The van der Waals surface area contributed by atoms with Gasteiger partial charge >= 0.3 is 5.69 Å². The van der Waals surface area contributed by atoms with Gasteiger partial charge in [0.25, 0.3) is 15.7 Å². The molecule has 36 heavy (non-hydrogen) atoms. The monoisotopic (exact) mass is 508 g/mol. The number of hydrogen-bond acceptors (Lipinski definition) is 5. The first-order valence-corrected chi connectivity index (χ1v) is 13.0. The molecule has 0 fully saturated rings. The second-order valence-electron chi connectivity index (χ2n) is 9.74. The van der Waals surface area contributed by atoms with E-state index >= 15 is 0 Å². The molecule has 8 nitrogen and oxygen atoms in total. The number of aromatic nitrogens is 2. The molecular formula is C27H28N2O6S. The van der Waals surface area contributed by atoms with Crippen LogP contribution in [-0.2, 0) is 22.0 Å². The zero-order valence-electron chi connectivity index (χ0n) is 20.5. The van der Waals surface area contributed by atoms with E-state index in [1.807, 2.05) is 48.5 Å². The Labute approximate surface area is 208 Å². The lowest BCUT2D eigenvalue weighted by Crippen LogP contribution is -2.27. The van der Waals surface area contributed by atoms with Crippen LogP contribution in [0.25, 0.3) is 27.6 Å². The Bertz CT molecular complexity index is 1680. The fourth-order valence-corrected chi connectivity index (χ4v) is 4.72. The Kier molecular flexibility index (Phi) is 6.64. The number of rotatable bonds is 6. The second-order valence-corrected chi connectivity index (χ2v) is 11.3. The minimum atomic E-state index is -4.03. The lowest BCUT2D eigenvalue weighted by atomic mass is 9.83. The molecule has 188 valence electrons. The third kappa shape index (κ3) is 5.42. The van der Waals surface area contributed by atoms with Gasteiger partial charge in [-0.3, -0.25) is 18.9 Å². The molecule has 0 bridgehead atoms. The molecule has 3 aromatic carbocycles. The number of hydrogen-bond donors (Lipinski definition) is 2. The van der Waals surface area contributed by atoms with Gasteiger partial charge in [0, 0.05) is 23.4 Å². The summed E-state index contributed by atoms with van der Waals surface area (Å²) in [5.74, 6) is 0.355. The molecule has 0 saturated heterocycles. The molecule has 4 rings (SSSR count). The van der Waals surface area contributed by atoms with E-state index in [1.54, 1.807) is 7.11 Å². The Morgan fingerprint density at radius 2 is 1.67 bits per heavy atom. The van der Waals surface area contributed by atoms with E-state index in [0.717, 1.165) is 33.0 Å². The molecule has 0 amide bonds. The Morgan fingerprint density at radius 3 is 2.31 bits per heavy atom. The summed E-state index contributed by atoms with van der Waals surface area (Å²) in [5.41, 5.74) is 2.65. The Balaban J connectivity index is 1.88. The van der Waals surface area contributed by atoms with E-state index in [0.29, 0.717) is 11.4 Å². The normalized spacial score (nSPS) is 12.1. The van der Waals surface area contributed by atoms with Crippen molar-refractivity contribution in [1.82, 2.24) is 9.55 Å². The van der Waals surface area contributed by atoms with Gasteiger partial charge in [-0.25, -0.2) is 4.79 Å². The van der Waals surface area contributed by atoms with E-state index < -0.39 is 21.4 Å². The van der Waals surface area contributed by atoms with Gasteiger partial charge < -0.3 is 4.74 Å². The van der Waals surface area contributed by atoms with Crippen molar-refractivity contribution in [2.45, 2.75) is 32.6 Å². The van der Waals surface area contributed by atoms with Crippen molar-refractivity contribution >= 4 is 20.9 Å². The van der Waals surface area contributed by atoms with Gasteiger partial charge in [0.2, 0.25) is 0 Å². The van der Waals surface area contributed by atoms with Crippen LogP contribution < -0.4 is 16.0 Å². The van der Waals surface area contributed by atoms with Gasteiger partial charge in [-0.1, -0.05) is 51.1 Å². The molecule has 0 aliphatic heterocycles. The van der Waals surface area contributed by atoms with E-state index in [9.17, 15) is 18.0 Å². The number of ether oxygens (including phenoxy) is 1. The van der Waals surface area contributed by atoms with Crippen LogP contribution in [0.3, 0.4) is 0 Å². The molecule has 1 aromatic heterocycles. The average Bonchev–Trinajstić information content (AvgIpc) is 2.80. The summed E-state index contributed by atoms with van der Waals surface area (Å²) < 4.78 is 38.5. The SMILES string of the molecule is COc1c(-c2ccc3cc(CCS(=O)(=O)O)ccc3c2)cc(-n2ccc(=O)[nH]c2=O)cc1C(C)(C)C. The zero-order valence-corrected chi connectivity index (χ0v) is 21.3. The number of nitrogens with one attached hydrogen (secondary N) is 1. The zero-order chi connectivity index (χ0) is 26.3. The predicted molar refractivity (Wildman–Crippen MR) is 141 cm³/mol. The van der Waals surface area contributed by atoms with Crippen molar-refractivity contribution in [3.05, 3.63) is 92.8 Å². The summed E-state index contributed by atoms with van der Waals surface area (Å²) in [6.45, 7) is 6.17. The number of aromatic amines is 1. The molecule has 0 atom stereocenters. The molecule has 4 aromatic rings. The number of methoxy groups -OCH3 is 1. The van der Waals surface area contributed by atoms with Crippen molar-refractivity contribution in [2.75, 3.05) is 12.9 Å². The van der Waals surface area contributed by atoms with Crippen LogP contribution in [0.1, 0.15) is 31.9 Å². The third-order valence-corrected chi connectivity index (χ3v) is 6.77. The first kappa shape index (κ1) is 25.4. The van der Waals surface area contributed by atoms with Crippen LogP contribution in [0.5, 0.6) is 5.75 Å². The average molecular weight is 509 g/mol. The largest absolute Gasteiger partial charge is 0.496 e. The topological polar surface area (TPSA) is 118 Å². The van der Waals surface area contributed by atoms with Crippen LogP contribution in [0.4, 0.5) is 0 Å². The van der Waals surface area contributed by atoms with Gasteiger partial charge in [-0.15, -0.1) is 0 Å². The fraction of sp³-hybridized carbons (Fsp3) is 0.259. The maximum absolute atomic E-state index is 12.5. The van der Waals surface area contributed by atoms with E-state index in [4.69, 9.17) is 9.29 Å². The molecule has 0 unspecified atom stereocenters. The molecule has 2 N–H and O–H groups in total. The maximum Gasteiger partial charge on any atom is 0.332 e. The third-order valence-electron chi connectivity index (χ3n) is 6.05. The highest BCUT2D eigenvalue weighted by atomic mass is 32.2. The van der Waals surface area contributed by atoms with Crippen LogP contribution in [0, 0.1) is 0 Å². The highest BCUT2D eigenvalue weighted by Gasteiger charge is 2.24. The molecule has 0 radical (unpaired) electrons. The number of benzene rings is 3. The summed E-state index contributed by atoms with van der Waals surface area (Å²) >= 11 is 0. The predicted octanol–water partition coefficient (Wildman–Crippen LogP) is 4.08. The number of H-pyrrole nitrogens is 1. The van der Waals surface area contributed by atoms with Crippen molar-refractivity contribution in [2.24, 2.45) is 0 Å². The molecular weight excluding hydrogens is 480 g/mol. The van der Waals surface area contributed by atoms with Crippen molar-refractivity contribution < 1.29 is 17.7 Å². The standard InChI is InChI=1S/C27H28N2O6S/c1-27(2,3)23-16-21(29-11-9-24(30)28-26(29)31)15-22(25(23)35-4)20-8-7-18-13-17(5-6-19(18)14-20)10-12-36(32,33)34/h5-9,11,13-16H,10,12H2,1-4H3,(H,28,30,31)(H,32,33,34). The fourth-order valence-electron chi connectivity index (χ4n) is 4.23. The minimum absolute atomic E-state index is 0.218. The Hall–Kier alpha value is -3.69. The van der Waals surface area contributed by atoms with E-state index in [-0.39, 0.29) is 17.6 Å². The van der Waals surface area contributed by atoms with Gasteiger partial charge in [0.1, 0.15) is 5.75 Å². The molecule has 9 heteroatoms. The van der Waals surface area contributed by atoms with Gasteiger partial charge in [-0.05, 0) is 51.9 Å². The van der Waals surface area contributed by atoms with E-state index in [2.05, 4.69) is 25.8 Å². The highest BCUT2D eigenvalue weighted by Crippen LogP contribution is 2.41. The van der Waals surface area contributed by atoms with Crippen LogP contribution in [-0.4, -0.2) is 35.4 Å². The quantitative estimate of drug-likeness (QED) is 0.379. The van der Waals surface area contributed by atoms with Gasteiger partial charge in [0.15, 0.2) is 0 Å². The summed E-state index contributed by atoms with van der Waals surface area (Å²) in [5, 5.41) is 1.86. The first-order valence-electron chi connectivity index (χ1n) is 11.4. The lowest BCUT2D eigenvalue weighted by molar-refractivity contribution is 0.399. The van der Waals surface area contributed by atoms with Crippen LogP contribution in [0.15, 0.2) is 70.4 Å². The summed E-state index contributed by atoms with van der Waals surface area (Å²) in [7, 11) is -2.42. The van der Waals surface area contributed by atoms with Gasteiger partial charge in [-0.2, -0.15) is 8.42 Å². The first-order chi connectivity index (χ1) is 16.9. The number of aryl methyl sites for hydroxylation is 1. The van der Waals surface area contributed by atoms with Crippen LogP contribution >= 0.6 is 0 Å². The van der Waals surface area contributed by atoms with Crippen molar-refractivity contribution in [3.8, 4) is 22.6 Å². The molecule has 1 heterocycles. The molecule has 0 saturated carbocycles. The van der Waals surface area contributed by atoms with Crippen molar-refractivity contribution in [3.63, 3.8) is 0 Å². The smallest absolute Gasteiger partial charge is 0.332 e. The van der Waals surface area contributed by atoms with Gasteiger partial charge in [0.05, 0.1) is 18.6 Å². The minimum Gasteiger partial charge on any atom is -0.496 e. The number of nitrogens with zero attached hydrogens (tertiary/aromatic N) is 1. The summed E-state index contributed by atoms with van der Waals surface area (Å²) in [4.78, 5) is 26.4. The highest BCUT2D eigenvalue weighted by molar-refractivity contribution is 7.85. The molecule has 0 aliphatic rings. The lowest BCUT2D eigenvalue weighted by Gasteiger charge is -2.25. The molecule has 0 aliphatic carbocycles.